The van der Waals surface area contributed by atoms with Crippen molar-refractivity contribution in [3.8, 4) is 0 Å². The first kappa shape index (κ1) is 14.1. The summed E-state index contributed by atoms with van der Waals surface area (Å²) in [5.74, 6) is -0.0631. The maximum atomic E-state index is 11.7. The average Bonchev–Trinajstić information content (AvgIpc) is 2.49. The number of carbonyl (C=O) groups is 1. The maximum absolute atomic E-state index is 11.7. The standard InChI is InChI=1S/C17H20N2O/c1-4-19(15-10-8-13(2)9-11-15)16-7-5-6-14(12-16)17(20)18-3/h5-12H,4H2,1-3H3,(H,18,20). The molecule has 0 aliphatic heterocycles. The topological polar surface area (TPSA) is 32.3 Å². The van der Waals surface area contributed by atoms with Crippen molar-refractivity contribution in [2.75, 3.05) is 18.5 Å². The molecule has 0 heterocycles. The Bertz CT molecular complexity index is 590. The summed E-state index contributed by atoms with van der Waals surface area (Å²) in [4.78, 5) is 13.9. The first-order valence-corrected chi connectivity index (χ1v) is 6.82. The molecule has 3 heteroatoms. The summed E-state index contributed by atoms with van der Waals surface area (Å²) < 4.78 is 0. The van der Waals surface area contributed by atoms with Crippen LogP contribution in [0.25, 0.3) is 0 Å². The van der Waals surface area contributed by atoms with Crippen molar-refractivity contribution >= 4 is 17.3 Å². The molecule has 0 fully saturated rings. The zero-order valence-corrected chi connectivity index (χ0v) is 12.2. The van der Waals surface area contributed by atoms with Crippen LogP contribution in [0, 0.1) is 6.92 Å². The Morgan fingerprint density at radius 1 is 1.10 bits per heavy atom. The second-order valence-corrected chi connectivity index (χ2v) is 4.71. The van der Waals surface area contributed by atoms with Crippen LogP contribution in [0.4, 0.5) is 11.4 Å². The minimum absolute atomic E-state index is 0.0631. The van der Waals surface area contributed by atoms with Crippen LogP contribution in [0.2, 0.25) is 0 Å². The molecule has 2 rings (SSSR count). The molecule has 2 aromatic rings. The van der Waals surface area contributed by atoms with E-state index in [0.717, 1.165) is 17.9 Å². The summed E-state index contributed by atoms with van der Waals surface area (Å²) in [6, 6.07) is 16.1. The SMILES string of the molecule is CCN(c1ccc(C)cc1)c1cccc(C(=O)NC)c1. The van der Waals surface area contributed by atoms with Gasteiger partial charge in [-0.15, -0.1) is 0 Å². The molecule has 20 heavy (non-hydrogen) atoms. The highest BCUT2D eigenvalue weighted by Gasteiger charge is 2.10. The monoisotopic (exact) mass is 268 g/mol. The van der Waals surface area contributed by atoms with Crippen LogP contribution < -0.4 is 10.2 Å². The maximum Gasteiger partial charge on any atom is 0.251 e. The van der Waals surface area contributed by atoms with Crippen molar-refractivity contribution in [2.24, 2.45) is 0 Å². The lowest BCUT2D eigenvalue weighted by Crippen LogP contribution is -2.20. The molecule has 3 nitrogen and oxygen atoms in total. The molecule has 104 valence electrons. The lowest BCUT2D eigenvalue weighted by atomic mass is 10.1. The Kier molecular flexibility index (Phi) is 4.41. The Balaban J connectivity index is 2.36. The van der Waals surface area contributed by atoms with Gasteiger partial charge in [0.05, 0.1) is 0 Å². The summed E-state index contributed by atoms with van der Waals surface area (Å²) in [6.07, 6.45) is 0. The van der Waals surface area contributed by atoms with E-state index in [-0.39, 0.29) is 5.91 Å². The van der Waals surface area contributed by atoms with Crippen LogP contribution in [-0.2, 0) is 0 Å². The van der Waals surface area contributed by atoms with Gasteiger partial charge in [-0.25, -0.2) is 0 Å². The number of hydrogen-bond acceptors (Lipinski definition) is 2. The van der Waals surface area contributed by atoms with Gasteiger partial charge >= 0.3 is 0 Å². The molecule has 0 aromatic heterocycles. The third-order valence-corrected chi connectivity index (χ3v) is 3.31. The summed E-state index contributed by atoms with van der Waals surface area (Å²) in [6.45, 7) is 5.03. The van der Waals surface area contributed by atoms with Gasteiger partial charge in [-0.2, -0.15) is 0 Å². The first-order valence-electron chi connectivity index (χ1n) is 6.82. The highest BCUT2D eigenvalue weighted by molar-refractivity contribution is 5.95. The van der Waals surface area contributed by atoms with Crippen molar-refractivity contribution in [1.82, 2.24) is 5.32 Å². The van der Waals surface area contributed by atoms with Crippen LogP contribution in [0.3, 0.4) is 0 Å². The number of aryl methyl sites for hydroxylation is 1. The number of anilines is 2. The third kappa shape index (κ3) is 2.99. The zero-order chi connectivity index (χ0) is 14.5. The van der Waals surface area contributed by atoms with Gasteiger partial charge in [-0.3, -0.25) is 4.79 Å². The molecular formula is C17H20N2O. The number of amides is 1. The summed E-state index contributed by atoms with van der Waals surface area (Å²) >= 11 is 0. The Morgan fingerprint density at radius 2 is 1.80 bits per heavy atom. The third-order valence-electron chi connectivity index (χ3n) is 3.31. The Labute approximate surface area is 120 Å². The lowest BCUT2D eigenvalue weighted by molar-refractivity contribution is 0.0963. The van der Waals surface area contributed by atoms with Crippen molar-refractivity contribution in [3.63, 3.8) is 0 Å². The molecule has 2 aromatic carbocycles. The van der Waals surface area contributed by atoms with Gasteiger partial charge in [-0.1, -0.05) is 23.8 Å². The predicted molar refractivity (Wildman–Crippen MR) is 83.7 cm³/mol. The Morgan fingerprint density at radius 3 is 2.40 bits per heavy atom. The molecule has 0 aliphatic rings. The fourth-order valence-electron chi connectivity index (χ4n) is 2.20. The number of nitrogens with zero attached hydrogens (tertiary/aromatic N) is 1. The van der Waals surface area contributed by atoms with Gasteiger partial charge < -0.3 is 10.2 Å². The second kappa shape index (κ2) is 6.24. The lowest BCUT2D eigenvalue weighted by Gasteiger charge is -2.24. The molecule has 0 saturated carbocycles. The summed E-state index contributed by atoms with van der Waals surface area (Å²) in [5, 5.41) is 2.66. The minimum atomic E-state index is -0.0631. The van der Waals surface area contributed by atoms with Crippen molar-refractivity contribution in [3.05, 3.63) is 59.7 Å². The van der Waals surface area contributed by atoms with Crippen LogP contribution in [0.15, 0.2) is 48.5 Å². The molecule has 0 saturated heterocycles. The van der Waals surface area contributed by atoms with Gasteiger partial charge in [0.15, 0.2) is 0 Å². The van der Waals surface area contributed by atoms with E-state index in [4.69, 9.17) is 0 Å². The van der Waals surface area contributed by atoms with Crippen molar-refractivity contribution in [1.29, 1.82) is 0 Å². The van der Waals surface area contributed by atoms with E-state index in [2.05, 4.69) is 48.3 Å². The van der Waals surface area contributed by atoms with E-state index in [0.29, 0.717) is 5.56 Å². The quantitative estimate of drug-likeness (QED) is 0.920. The van der Waals surface area contributed by atoms with E-state index in [1.165, 1.54) is 5.56 Å². The molecule has 0 bridgehead atoms. The molecule has 0 atom stereocenters. The van der Waals surface area contributed by atoms with Gasteiger partial charge in [0.1, 0.15) is 0 Å². The van der Waals surface area contributed by atoms with Crippen LogP contribution in [-0.4, -0.2) is 19.5 Å². The first-order chi connectivity index (χ1) is 9.65. The number of carbonyl (C=O) groups excluding carboxylic acids is 1. The van der Waals surface area contributed by atoms with E-state index in [9.17, 15) is 4.79 Å². The molecule has 0 spiro atoms. The fraction of sp³-hybridized carbons (Fsp3) is 0.235. The van der Waals surface area contributed by atoms with E-state index >= 15 is 0 Å². The van der Waals surface area contributed by atoms with Crippen molar-refractivity contribution in [2.45, 2.75) is 13.8 Å². The largest absolute Gasteiger partial charge is 0.355 e. The van der Waals surface area contributed by atoms with Crippen LogP contribution in [0.5, 0.6) is 0 Å². The molecule has 1 N–H and O–H groups in total. The average molecular weight is 268 g/mol. The highest BCUT2D eigenvalue weighted by atomic mass is 16.1. The van der Waals surface area contributed by atoms with Crippen LogP contribution >= 0.6 is 0 Å². The molecule has 0 aliphatic carbocycles. The van der Waals surface area contributed by atoms with E-state index in [1.54, 1.807) is 7.05 Å². The van der Waals surface area contributed by atoms with Gasteiger partial charge in [0, 0.05) is 30.5 Å². The molecule has 1 amide bonds. The Hall–Kier alpha value is -2.29. The minimum Gasteiger partial charge on any atom is -0.355 e. The normalized spacial score (nSPS) is 10.2. The van der Waals surface area contributed by atoms with E-state index < -0.39 is 0 Å². The number of rotatable bonds is 4. The zero-order valence-electron chi connectivity index (χ0n) is 12.2. The van der Waals surface area contributed by atoms with Crippen molar-refractivity contribution < 1.29 is 4.79 Å². The highest BCUT2D eigenvalue weighted by Crippen LogP contribution is 2.26. The van der Waals surface area contributed by atoms with Crippen LogP contribution in [0.1, 0.15) is 22.8 Å². The van der Waals surface area contributed by atoms with E-state index in [1.807, 2.05) is 24.3 Å². The summed E-state index contributed by atoms with van der Waals surface area (Å²) in [5.41, 5.74) is 4.07. The number of benzene rings is 2. The molecule has 0 unspecified atom stereocenters. The number of nitrogens with one attached hydrogen (secondary N) is 1. The number of hydrogen-bond donors (Lipinski definition) is 1. The van der Waals surface area contributed by atoms with Gasteiger partial charge in [-0.05, 0) is 44.2 Å². The molecular weight excluding hydrogens is 248 g/mol. The second-order valence-electron chi connectivity index (χ2n) is 4.71. The fourth-order valence-corrected chi connectivity index (χ4v) is 2.20. The van der Waals surface area contributed by atoms with Gasteiger partial charge in [0.25, 0.3) is 5.91 Å². The van der Waals surface area contributed by atoms with Gasteiger partial charge in [0.2, 0.25) is 0 Å². The summed E-state index contributed by atoms with van der Waals surface area (Å²) in [7, 11) is 1.65. The molecule has 0 radical (unpaired) electrons. The smallest absolute Gasteiger partial charge is 0.251 e. The predicted octanol–water partition coefficient (Wildman–Crippen LogP) is 3.51.